The average Bonchev–Trinajstić information content (AvgIpc) is 2.87. The minimum Gasteiger partial charge on any atom is -0.377 e. The summed E-state index contributed by atoms with van der Waals surface area (Å²) in [6.45, 7) is 4.30. The number of nitrogens with two attached hydrogens (primary N) is 1. The molecular weight excluding hydrogens is 322 g/mol. The predicted octanol–water partition coefficient (Wildman–Crippen LogP) is 2.85. The summed E-state index contributed by atoms with van der Waals surface area (Å²) in [5.74, 6) is 1.04. The highest BCUT2D eigenvalue weighted by molar-refractivity contribution is 9.10. The number of halogens is 1. The van der Waals surface area contributed by atoms with Gasteiger partial charge >= 0.3 is 0 Å². The molecule has 2 rings (SSSR count). The SMILES string of the molecule is CC(C)OCC(N)c1noc(Cc2ccc(Br)cc2)n1. The summed E-state index contributed by atoms with van der Waals surface area (Å²) < 4.78 is 11.7. The first-order valence-electron chi connectivity index (χ1n) is 6.48. The van der Waals surface area contributed by atoms with Crippen molar-refractivity contribution >= 4 is 15.9 Å². The zero-order chi connectivity index (χ0) is 14.5. The summed E-state index contributed by atoms with van der Waals surface area (Å²) in [6, 6.07) is 7.62. The van der Waals surface area contributed by atoms with Gasteiger partial charge in [-0.1, -0.05) is 33.2 Å². The molecule has 0 fully saturated rings. The zero-order valence-corrected chi connectivity index (χ0v) is 13.1. The second-order valence-corrected chi connectivity index (χ2v) is 5.75. The lowest BCUT2D eigenvalue weighted by molar-refractivity contribution is 0.0665. The Morgan fingerprint density at radius 1 is 1.30 bits per heavy atom. The molecule has 0 aliphatic carbocycles. The van der Waals surface area contributed by atoms with Crippen LogP contribution in [0, 0.1) is 0 Å². The van der Waals surface area contributed by atoms with Crippen LogP contribution in [0.3, 0.4) is 0 Å². The Balaban J connectivity index is 1.96. The van der Waals surface area contributed by atoms with Crippen molar-refractivity contribution in [3.05, 3.63) is 46.0 Å². The molecule has 0 radical (unpaired) electrons. The summed E-state index contributed by atoms with van der Waals surface area (Å²) in [5.41, 5.74) is 7.06. The summed E-state index contributed by atoms with van der Waals surface area (Å²) in [7, 11) is 0. The summed E-state index contributed by atoms with van der Waals surface area (Å²) in [5, 5.41) is 3.91. The summed E-state index contributed by atoms with van der Waals surface area (Å²) in [6.07, 6.45) is 0.730. The number of ether oxygens (including phenoxy) is 1. The second kappa shape index (κ2) is 6.97. The minimum absolute atomic E-state index is 0.134. The summed E-state index contributed by atoms with van der Waals surface area (Å²) >= 11 is 3.40. The normalized spacial score (nSPS) is 12.8. The van der Waals surface area contributed by atoms with Crippen molar-refractivity contribution in [2.75, 3.05) is 6.61 Å². The molecular formula is C14H18BrN3O2. The fourth-order valence-electron chi connectivity index (χ4n) is 1.64. The molecule has 20 heavy (non-hydrogen) atoms. The number of hydrogen-bond acceptors (Lipinski definition) is 5. The van der Waals surface area contributed by atoms with E-state index >= 15 is 0 Å². The van der Waals surface area contributed by atoms with Gasteiger partial charge in [0.05, 0.1) is 25.2 Å². The van der Waals surface area contributed by atoms with Gasteiger partial charge in [0.1, 0.15) is 0 Å². The molecule has 5 nitrogen and oxygen atoms in total. The van der Waals surface area contributed by atoms with E-state index < -0.39 is 0 Å². The molecule has 1 aromatic heterocycles. The van der Waals surface area contributed by atoms with Crippen LogP contribution in [-0.4, -0.2) is 22.9 Å². The van der Waals surface area contributed by atoms with Crippen LogP contribution >= 0.6 is 15.9 Å². The third kappa shape index (κ3) is 4.40. The Kier molecular flexibility index (Phi) is 5.28. The lowest BCUT2D eigenvalue weighted by atomic mass is 10.1. The molecule has 2 aromatic rings. The monoisotopic (exact) mass is 339 g/mol. The van der Waals surface area contributed by atoms with Crippen LogP contribution in [0.4, 0.5) is 0 Å². The van der Waals surface area contributed by atoms with E-state index in [0.29, 0.717) is 24.7 Å². The van der Waals surface area contributed by atoms with Crippen molar-refractivity contribution in [2.24, 2.45) is 5.73 Å². The molecule has 0 saturated heterocycles. The molecule has 2 N–H and O–H groups in total. The van der Waals surface area contributed by atoms with E-state index in [9.17, 15) is 0 Å². The predicted molar refractivity (Wildman–Crippen MR) is 79.3 cm³/mol. The van der Waals surface area contributed by atoms with Gasteiger partial charge in [-0.3, -0.25) is 0 Å². The minimum atomic E-state index is -0.361. The molecule has 6 heteroatoms. The van der Waals surface area contributed by atoms with Gasteiger partial charge in [0, 0.05) is 4.47 Å². The Morgan fingerprint density at radius 3 is 2.65 bits per heavy atom. The van der Waals surface area contributed by atoms with Crippen LogP contribution < -0.4 is 5.73 Å². The van der Waals surface area contributed by atoms with Crippen LogP contribution in [0.25, 0.3) is 0 Å². The van der Waals surface area contributed by atoms with E-state index in [4.69, 9.17) is 15.0 Å². The number of rotatable bonds is 6. The smallest absolute Gasteiger partial charge is 0.231 e. The molecule has 0 spiro atoms. The fourth-order valence-corrected chi connectivity index (χ4v) is 1.90. The Hall–Kier alpha value is -1.24. The van der Waals surface area contributed by atoms with E-state index in [-0.39, 0.29) is 12.1 Å². The molecule has 1 atom stereocenters. The number of aromatic nitrogens is 2. The number of benzene rings is 1. The summed E-state index contributed by atoms with van der Waals surface area (Å²) in [4.78, 5) is 4.31. The van der Waals surface area contributed by atoms with Crippen LogP contribution in [0.15, 0.2) is 33.3 Å². The molecule has 0 aliphatic heterocycles. The number of hydrogen-bond donors (Lipinski definition) is 1. The molecule has 0 bridgehead atoms. The van der Waals surface area contributed by atoms with Crippen molar-refractivity contribution in [2.45, 2.75) is 32.4 Å². The van der Waals surface area contributed by atoms with Crippen LogP contribution in [0.5, 0.6) is 0 Å². The van der Waals surface area contributed by atoms with E-state index in [0.717, 1.165) is 10.0 Å². The van der Waals surface area contributed by atoms with Gasteiger partial charge in [-0.25, -0.2) is 0 Å². The van der Waals surface area contributed by atoms with Gasteiger partial charge in [0.25, 0.3) is 0 Å². The first kappa shape index (κ1) is 15.2. The van der Waals surface area contributed by atoms with Gasteiger partial charge in [-0.2, -0.15) is 4.98 Å². The van der Waals surface area contributed by atoms with Crippen molar-refractivity contribution in [1.29, 1.82) is 0 Å². The maximum atomic E-state index is 5.95. The standard InChI is InChI=1S/C14H18BrN3O2/c1-9(2)19-8-12(16)14-17-13(20-18-14)7-10-3-5-11(15)6-4-10/h3-6,9,12H,7-8,16H2,1-2H3. The second-order valence-electron chi connectivity index (χ2n) is 4.84. The van der Waals surface area contributed by atoms with E-state index in [2.05, 4.69) is 26.1 Å². The van der Waals surface area contributed by atoms with E-state index in [1.54, 1.807) is 0 Å². The first-order chi connectivity index (χ1) is 9.54. The maximum Gasteiger partial charge on any atom is 0.231 e. The van der Waals surface area contributed by atoms with Gasteiger partial charge in [0.15, 0.2) is 5.82 Å². The van der Waals surface area contributed by atoms with Gasteiger partial charge < -0.3 is 15.0 Å². The average molecular weight is 340 g/mol. The highest BCUT2D eigenvalue weighted by Crippen LogP contribution is 2.14. The number of nitrogens with zero attached hydrogens (tertiary/aromatic N) is 2. The Bertz CT molecular complexity index is 540. The third-order valence-electron chi connectivity index (χ3n) is 2.69. The molecule has 1 unspecified atom stereocenters. The van der Waals surface area contributed by atoms with E-state index in [1.807, 2.05) is 38.1 Å². The molecule has 108 valence electrons. The van der Waals surface area contributed by atoms with Crippen molar-refractivity contribution in [3.63, 3.8) is 0 Å². The largest absolute Gasteiger partial charge is 0.377 e. The van der Waals surface area contributed by atoms with Crippen LogP contribution in [-0.2, 0) is 11.2 Å². The molecule has 1 heterocycles. The first-order valence-corrected chi connectivity index (χ1v) is 7.28. The highest BCUT2D eigenvalue weighted by atomic mass is 79.9. The lowest BCUT2D eigenvalue weighted by Crippen LogP contribution is -2.20. The molecule has 0 amide bonds. The lowest BCUT2D eigenvalue weighted by Gasteiger charge is -2.10. The zero-order valence-electron chi connectivity index (χ0n) is 11.5. The van der Waals surface area contributed by atoms with Gasteiger partial charge in [-0.05, 0) is 31.5 Å². The maximum absolute atomic E-state index is 5.95. The van der Waals surface area contributed by atoms with Crippen LogP contribution in [0.1, 0.15) is 37.2 Å². The van der Waals surface area contributed by atoms with Gasteiger partial charge in [-0.15, -0.1) is 0 Å². The topological polar surface area (TPSA) is 74.2 Å². The molecule has 0 aliphatic rings. The van der Waals surface area contributed by atoms with Crippen molar-refractivity contribution in [1.82, 2.24) is 10.1 Å². The highest BCUT2D eigenvalue weighted by Gasteiger charge is 2.15. The van der Waals surface area contributed by atoms with Crippen LogP contribution in [0.2, 0.25) is 0 Å². The molecule has 1 aromatic carbocycles. The fraction of sp³-hybridized carbons (Fsp3) is 0.429. The Morgan fingerprint density at radius 2 is 2.00 bits per heavy atom. The van der Waals surface area contributed by atoms with Crippen molar-refractivity contribution < 1.29 is 9.26 Å². The van der Waals surface area contributed by atoms with Crippen molar-refractivity contribution in [3.8, 4) is 0 Å². The Labute approximate surface area is 126 Å². The third-order valence-corrected chi connectivity index (χ3v) is 3.22. The molecule has 0 saturated carbocycles. The van der Waals surface area contributed by atoms with E-state index in [1.165, 1.54) is 0 Å². The quantitative estimate of drug-likeness (QED) is 0.875. The van der Waals surface area contributed by atoms with Gasteiger partial charge in [0.2, 0.25) is 5.89 Å².